The summed E-state index contributed by atoms with van der Waals surface area (Å²) in [6.45, 7) is 13.0. The van der Waals surface area contributed by atoms with E-state index in [1.807, 2.05) is 24.3 Å². The van der Waals surface area contributed by atoms with E-state index in [1.165, 1.54) is 152 Å². The highest BCUT2D eigenvalue weighted by Crippen LogP contribution is 2.44. The topological polar surface area (TPSA) is 162 Å². The molecule has 1 aliphatic rings. The summed E-state index contributed by atoms with van der Waals surface area (Å²) in [5.41, 5.74) is 4.67. The first-order chi connectivity index (χ1) is 40.5. The number of hydrogen-bond donors (Lipinski definition) is 2. The van der Waals surface area contributed by atoms with Crippen LogP contribution in [0.4, 0.5) is 4.79 Å². The van der Waals surface area contributed by atoms with Crippen molar-refractivity contribution in [2.24, 2.45) is 0 Å². The normalized spacial score (nSPS) is 12.0. The smallest absolute Gasteiger partial charge is 0.409 e. The van der Waals surface area contributed by atoms with Crippen LogP contribution in [0, 0.1) is 0 Å². The van der Waals surface area contributed by atoms with E-state index in [1.54, 1.807) is 4.90 Å². The Hall–Kier alpha value is -3.67. The summed E-state index contributed by atoms with van der Waals surface area (Å²) in [4.78, 5) is 39.6. The molecule has 1 aliphatic carbocycles. The molecule has 15 heteroatoms. The van der Waals surface area contributed by atoms with Crippen molar-refractivity contribution in [1.82, 2.24) is 15.5 Å². The van der Waals surface area contributed by atoms with Gasteiger partial charge in [0.05, 0.1) is 106 Å². The Morgan fingerprint density at radius 1 is 0.366 bits per heavy atom. The fourth-order valence-electron chi connectivity index (χ4n) is 10.2. The lowest BCUT2D eigenvalue weighted by Gasteiger charge is -2.23. The van der Waals surface area contributed by atoms with Gasteiger partial charge in [0.15, 0.2) is 0 Å². The first-order valence-corrected chi connectivity index (χ1v) is 32.8. The predicted octanol–water partition coefficient (Wildman–Crippen LogP) is 13.6. The van der Waals surface area contributed by atoms with Gasteiger partial charge in [0, 0.05) is 44.9 Å². The number of fused-ring (bicyclic) bond motifs is 3. The van der Waals surface area contributed by atoms with E-state index in [4.69, 9.17) is 42.6 Å². The second-order valence-corrected chi connectivity index (χ2v) is 21.9. The molecule has 470 valence electrons. The zero-order valence-corrected chi connectivity index (χ0v) is 51.7. The number of ether oxygens (including phenoxy) is 9. The third-order valence-corrected chi connectivity index (χ3v) is 15.0. The summed E-state index contributed by atoms with van der Waals surface area (Å²) in [5.74, 6) is 0.156. The van der Waals surface area contributed by atoms with Crippen molar-refractivity contribution in [2.45, 2.75) is 200 Å². The van der Waals surface area contributed by atoms with Gasteiger partial charge in [-0.25, -0.2) is 4.79 Å². The molecule has 3 amide bonds. The first kappa shape index (κ1) is 72.6. The predicted molar refractivity (Wildman–Crippen MR) is 330 cm³/mol. The van der Waals surface area contributed by atoms with Crippen LogP contribution < -0.4 is 10.6 Å². The summed E-state index contributed by atoms with van der Waals surface area (Å²) < 4.78 is 51.6. The van der Waals surface area contributed by atoms with E-state index in [-0.39, 0.29) is 24.3 Å². The second-order valence-electron chi connectivity index (χ2n) is 21.9. The van der Waals surface area contributed by atoms with Crippen molar-refractivity contribution in [3.05, 3.63) is 59.7 Å². The highest BCUT2D eigenvalue weighted by molar-refractivity contribution is 5.79. The van der Waals surface area contributed by atoms with Gasteiger partial charge < -0.3 is 58.2 Å². The maximum atomic E-state index is 13.6. The van der Waals surface area contributed by atoms with Gasteiger partial charge in [-0.2, -0.15) is 0 Å². The Morgan fingerprint density at radius 2 is 0.646 bits per heavy atom. The molecule has 0 atom stereocenters. The molecule has 0 unspecified atom stereocenters. The Labute approximate surface area is 497 Å². The third-order valence-electron chi connectivity index (χ3n) is 15.0. The molecule has 15 nitrogen and oxygen atoms in total. The molecule has 0 spiro atoms. The van der Waals surface area contributed by atoms with E-state index in [0.717, 1.165) is 36.8 Å². The molecule has 0 fully saturated rings. The molecule has 2 aromatic rings. The molecule has 0 aliphatic heterocycles. The Kier molecular flexibility index (Phi) is 47.8. The number of amides is 3. The summed E-state index contributed by atoms with van der Waals surface area (Å²) in [6, 6.07) is 16.6. The highest BCUT2D eigenvalue weighted by atomic mass is 16.6. The molecule has 2 N–H and O–H groups in total. The van der Waals surface area contributed by atoms with Crippen molar-refractivity contribution < 1.29 is 57.0 Å². The largest absolute Gasteiger partial charge is 0.448 e. The van der Waals surface area contributed by atoms with Crippen LogP contribution in [0.5, 0.6) is 0 Å². The Balaban J connectivity index is 1.15. The summed E-state index contributed by atoms with van der Waals surface area (Å²) in [6.07, 6.45) is 34.5. The fourth-order valence-corrected chi connectivity index (χ4v) is 10.2. The molecule has 2 aromatic carbocycles. The van der Waals surface area contributed by atoms with Crippen LogP contribution in [0.15, 0.2) is 48.5 Å². The molecule has 0 saturated carbocycles. The van der Waals surface area contributed by atoms with Crippen molar-refractivity contribution in [3.63, 3.8) is 0 Å². The number of nitrogens with zero attached hydrogens (tertiary/aromatic N) is 1. The van der Waals surface area contributed by atoms with E-state index in [0.29, 0.717) is 145 Å². The third kappa shape index (κ3) is 39.0. The molecule has 82 heavy (non-hydrogen) atoms. The van der Waals surface area contributed by atoms with Crippen LogP contribution in [0.1, 0.15) is 211 Å². The van der Waals surface area contributed by atoms with Crippen molar-refractivity contribution >= 4 is 17.9 Å². The SMILES string of the molecule is CCCCCCCCCCCCCCCC(=O)NCCOCCOCCOCCOCCN(CCOCCOCCOCCOCCNC(=O)CCCCCCCCCCCCCCC)C(=O)OCC1c2ccccc2-c2ccccc21. The number of carbonyl (C=O) groups excluding carboxylic acids is 3. The number of carbonyl (C=O) groups is 3. The molecule has 0 bridgehead atoms. The van der Waals surface area contributed by atoms with Crippen LogP contribution in [0.3, 0.4) is 0 Å². The van der Waals surface area contributed by atoms with Crippen molar-refractivity contribution in [3.8, 4) is 11.1 Å². The Bertz CT molecular complexity index is 1690. The summed E-state index contributed by atoms with van der Waals surface area (Å²) >= 11 is 0. The Morgan fingerprint density at radius 3 is 0.976 bits per heavy atom. The lowest BCUT2D eigenvalue weighted by atomic mass is 9.98. The lowest BCUT2D eigenvalue weighted by Crippen LogP contribution is -2.38. The summed E-state index contributed by atoms with van der Waals surface area (Å²) in [7, 11) is 0. The van der Waals surface area contributed by atoms with Gasteiger partial charge in [0.1, 0.15) is 6.61 Å². The molecule has 0 saturated heterocycles. The molecule has 0 aromatic heterocycles. The molecule has 0 heterocycles. The molecule has 0 radical (unpaired) electrons. The quantitative estimate of drug-likeness (QED) is 0.0604. The minimum Gasteiger partial charge on any atom is -0.448 e. The van der Waals surface area contributed by atoms with Gasteiger partial charge in [0.25, 0.3) is 0 Å². The fraction of sp³-hybridized carbons (Fsp3) is 0.776. The number of nitrogens with one attached hydrogen (secondary N) is 2. The van der Waals surface area contributed by atoms with E-state index in [2.05, 4.69) is 48.7 Å². The number of hydrogen-bond acceptors (Lipinski definition) is 12. The van der Waals surface area contributed by atoms with E-state index in [9.17, 15) is 14.4 Å². The van der Waals surface area contributed by atoms with Gasteiger partial charge in [-0.3, -0.25) is 9.59 Å². The average Bonchev–Trinajstić information content (AvgIpc) is 4.09. The van der Waals surface area contributed by atoms with Gasteiger partial charge in [-0.1, -0.05) is 216 Å². The monoisotopic (exact) mass is 1150 g/mol. The standard InChI is InChI=1S/C67H115N3O12/c1-3-5-7-9-11-13-15-17-19-21-23-25-27-37-65(71)68-39-43-74-47-51-78-55-57-80-53-49-76-45-41-70(67(73)82-59-64-62-35-31-29-33-60(62)61-34-30-32-36-63(61)64)42-46-77-50-54-81-58-56-79-52-48-75-44-40-69-66(72)38-28-26-24-22-20-18-16-14-12-10-8-6-4-2/h29-36,64H,3-28,37-59H2,1-2H3,(H,68,71)(H,69,72). The second kappa shape index (κ2) is 54.0. The van der Waals surface area contributed by atoms with Gasteiger partial charge in [-0.15, -0.1) is 0 Å². The molecule has 3 rings (SSSR count). The minimum atomic E-state index is -0.418. The van der Waals surface area contributed by atoms with E-state index < -0.39 is 6.09 Å². The zero-order valence-electron chi connectivity index (χ0n) is 51.7. The van der Waals surface area contributed by atoms with Gasteiger partial charge in [0.2, 0.25) is 11.8 Å². The number of benzene rings is 2. The van der Waals surface area contributed by atoms with Crippen LogP contribution in [0.2, 0.25) is 0 Å². The van der Waals surface area contributed by atoms with Gasteiger partial charge >= 0.3 is 6.09 Å². The first-order valence-electron chi connectivity index (χ1n) is 32.8. The number of rotatable bonds is 60. The average molecular weight is 1150 g/mol. The minimum absolute atomic E-state index is 0.0432. The van der Waals surface area contributed by atoms with Crippen molar-refractivity contribution in [1.29, 1.82) is 0 Å². The molecular formula is C67H115N3O12. The van der Waals surface area contributed by atoms with Crippen LogP contribution in [-0.4, -0.2) is 161 Å². The maximum absolute atomic E-state index is 13.6. The number of unbranched alkanes of at least 4 members (excludes halogenated alkanes) is 24. The van der Waals surface area contributed by atoms with Crippen LogP contribution in [-0.2, 0) is 52.2 Å². The van der Waals surface area contributed by atoms with Crippen LogP contribution >= 0.6 is 0 Å². The molecular weight excluding hydrogens is 1040 g/mol. The highest BCUT2D eigenvalue weighted by Gasteiger charge is 2.30. The maximum Gasteiger partial charge on any atom is 0.409 e. The van der Waals surface area contributed by atoms with E-state index >= 15 is 0 Å². The zero-order chi connectivity index (χ0) is 58.3. The van der Waals surface area contributed by atoms with Gasteiger partial charge in [-0.05, 0) is 35.1 Å². The van der Waals surface area contributed by atoms with Crippen molar-refractivity contribution in [2.75, 3.05) is 138 Å². The lowest BCUT2D eigenvalue weighted by molar-refractivity contribution is -0.122. The van der Waals surface area contributed by atoms with Crippen LogP contribution in [0.25, 0.3) is 11.1 Å². The summed E-state index contributed by atoms with van der Waals surface area (Å²) in [5, 5.41) is 5.91.